The first kappa shape index (κ1) is 9.51. The van der Waals surface area contributed by atoms with Crippen molar-refractivity contribution in [1.82, 2.24) is 0 Å². The van der Waals surface area contributed by atoms with Crippen LogP contribution in [0.4, 0.5) is 16.2 Å². The number of aryl methyl sites for hydroxylation is 1. The van der Waals surface area contributed by atoms with Crippen molar-refractivity contribution in [3.8, 4) is 0 Å². The van der Waals surface area contributed by atoms with Gasteiger partial charge in [-0.2, -0.15) is 0 Å². The van der Waals surface area contributed by atoms with Crippen LogP contribution >= 0.6 is 0 Å². The van der Waals surface area contributed by atoms with Crippen molar-refractivity contribution in [1.29, 1.82) is 0 Å². The highest BCUT2D eigenvalue weighted by Crippen LogP contribution is 2.25. The molecule has 5 nitrogen and oxygen atoms in total. The van der Waals surface area contributed by atoms with E-state index < -0.39 is 6.03 Å². The smallest absolute Gasteiger partial charge is 0.316 e. The number of anilines is 2. The molecule has 15 heavy (non-hydrogen) atoms. The molecule has 1 aromatic rings. The lowest BCUT2D eigenvalue weighted by atomic mass is 10.0. The Morgan fingerprint density at radius 1 is 1.40 bits per heavy atom. The average molecular weight is 205 g/mol. The molecule has 3 amide bonds. The molecule has 0 aromatic heterocycles. The first-order chi connectivity index (χ1) is 7.15. The molecule has 0 bridgehead atoms. The lowest BCUT2D eigenvalue weighted by molar-refractivity contribution is -0.116. The number of carbonyl (C=O) groups is 2. The van der Waals surface area contributed by atoms with Crippen LogP contribution in [0.2, 0.25) is 0 Å². The minimum Gasteiger partial charge on any atom is -0.351 e. The maximum absolute atomic E-state index is 11.1. The van der Waals surface area contributed by atoms with Gasteiger partial charge in [-0.1, -0.05) is 6.07 Å². The summed E-state index contributed by atoms with van der Waals surface area (Å²) in [6, 6.07) is 4.73. The molecule has 0 aliphatic carbocycles. The summed E-state index contributed by atoms with van der Waals surface area (Å²) in [5, 5.41) is 5.20. The van der Waals surface area contributed by atoms with E-state index in [9.17, 15) is 9.59 Å². The second kappa shape index (κ2) is 3.61. The van der Waals surface area contributed by atoms with E-state index in [2.05, 4.69) is 10.6 Å². The fraction of sp³-hybridized carbons (Fsp3) is 0.200. The number of hydrogen-bond acceptors (Lipinski definition) is 2. The van der Waals surface area contributed by atoms with E-state index in [1.54, 1.807) is 12.1 Å². The number of nitrogens with two attached hydrogens (primary N) is 1. The largest absolute Gasteiger partial charge is 0.351 e. The monoisotopic (exact) mass is 205 g/mol. The van der Waals surface area contributed by atoms with Crippen molar-refractivity contribution >= 4 is 23.3 Å². The standard InChI is InChI=1S/C10H11N3O2/c11-10(15)12-7-3-1-6-2-4-9(14)13-8(6)5-7/h1,3,5H,2,4H2,(H,13,14)(H3,11,12,15). The fourth-order valence-electron chi connectivity index (χ4n) is 1.59. The molecular formula is C10H11N3O2. The van der Waals surface area contributed by atoms with E-state index in [1.807, 2.05) is 6.07 Å². The van der Waals surface area contributed by atoms with Crippen molar-refractivity contribution in [2.45, 2.75) is 12.8 Å². The van der Waals surface area contributed by atoms with Gasteiger partial charge < -0.3 is 16.4 Å². The Balaban J connectivity index is 2.28. The minimum absolute atomic E-state index is 0.00118. The first-order valence-electron chi connectivity index (χ1n) is 4.64. The number of carbonyl (C=O) groups excluding carboxylic acids is 2. The summed E-state index contributed by atoms with van der Waals surface area (Å²) in [6.07, 6.45) is 1.24. The van der Waals surface area contributed by atoms with Crippen molar-refractivity contribution in [3.63, 3.8) is 0 Å². The normalized spacial score (nSPS) is 14.0. The molecule has 4 N–H and O–H groups in total. The van der Waals surface area contributed by atoms with Crippen LogP contribution in [0.5, 0.6) is 0 Å². The van der Waals surface area contributed by atoms with Crippen molar-refractivity contribution in [2.24, 2.45) is 5.73 Å². The Morgan fingerprint density at radius 3 is 2.93 bits per heavy atom. The third-order valence-corrected chi connectivity index (χ3v) is 2.27. The predicted molar refractivity (Wildman–Crippen MR) is 56.6 cm³/mol. The summed E-state index contributed by atoms with van der Waals surface area (Å²) in [6.45, 7) is 0. The van der Waals surface area contributed by atoms with Gasteiger partial charge in [-0.05, 0) is 24.1 Å². The van der Waals surface area contributed by atoms with Gasteiger partial charge in [0.1, 0.15) is 0 Å². The maximum atomic E-state index is 11.1. The van der Waals surface area contributed by atoms with Gasteiger partial charge in [-0.3, -0.25) is 4.79 Å². The van der Waals surface area contributed by atoms with Crippen molar-refractivity contribution in [3.05, 3.63) is 23.8 Å². The van der Waals surface area contributed by atoms with Gasteiger partial charge >= 0.3 is 6.03 Å². The molecule has 1 heterocycles. The van der Waals surface area contributed by atoms with Crippen LogP contribution in [0.1, 0.15) is 12.0 Å². The van der Waals surface area contributed by atoms with E-state index in [-0.39, 0.29) is 5.91 Å². The number of hydrogen-bond donors (Lipinski definition) is 3. The van der Waals surface area contributed by atoms with Crippen LogP contribution in [0, 0.1) is 0 Å². The molecular weight excluding hydrogens is 194 g/mol. The lowest BCUT2D eigenvalue weighted by Crippen LogP contribution is -2.21. The molecule has 1 aliphatic heterocycles. The van der Waals surface area contributed by atoms with E-state index in [1.165, 1.54) is 0 Å². The minimum atomic E-state index is -0.614. The molecule has 0 spiro atoms. The summed E-state index contributed by atoms with van der Waals surface area (Å²) in [5.74, 6) is -0.00118. The third kappa shape index (κ3) is 2.07. The van der Waals surface area contributed by atoms with Crippen LogP contribution in [-0.2, 0) is 11.2 Å². The van der Waals surface area contributed by atoms with Gasteiger partial charge in [0.25, 0.3) is 0 Å². The molecule has 0 saturated heterocycles. The third-order valence-electron chi connectivity index (χ3n) is 2.27. The van der Waals surface area contributed by atoms with E-state index in [0.29, 0.717) is 12.1 Å². The van der Waals surface area contributed by atoms with Gasteiger partial charge in [-0.25, -0.2) is 4.79 Å². The second-order valence-electron chi connectivity index (χ2n) is 3.41. The SMILES string of the molecule is NC(=O)Nc1ccc2c(c1)NC(=O)CC2. The van der Waals surface area contributed by atoms with Gasteiger partial charge in [0.2, 0.25) is 5.91 Å². The Kier molecular flexibility index (Phi) is 2.29. The highest BCUT2D eigenvalue weighted by atomic mass is 16.2. The van der Waals surface area contributed by atoms with Crippen molar-refractivity contribution in [2.75, 3.05) is 10.6 Å². The van der Waals surface area contributed by atoms with Crippen molar-refractivity contribution < 1.29 is 9.59 Å². The second-order valence-corrected chi connectivity index (χ2v) is 3.41. The fourth-order valence-corrected chi connectivity index (χ4v) is 1.59. The van der Waals surface area contributed by atoms with Gasteiger partial charge in [0.15, 0.2) is 0 Å². The number of urea groups is 1. The van der Waals surface area contributed by atoms with E-state index >= 15 is 0 Å². The molecule has 5 heteroatoms. The quantitative estimate of drug-likeness (QED) is 0.640. The molecule has 0 saturated carbocycles. The molecule has 0 fully saturated rings. The number of nitrogens with one attached hydrogen (secondary N) is 2. The van der Waals surface area contributed by atoms with E-state index in [0.717, 1.165) is 17.7 Å². The summed E-state index contributed by atoms with van der Waals surface area (Å²) >= 11 is 0. The van der Waals surface area contributed by atoms with Crippen LogP contribution in [0.3, 0.4) is 0 Å². The number of amides is 3. The Bertz CT molecular complexity index is 429. The Hall–Kier alpha value is -2.04. The maximum Gasteiger partial charge on any atom is 0.316 e. The molecule has 1 aliphatic rings. The predicted octanol–water partition coefficient (Wildman–Crippen LogP) is 1.06. The topological polar surface area (TPSA) is 84.2 Å². The lowest BCUT2D eigenvalue weighted by Gasteiger charge is -2.17. The van der Waals surface area contributed by atoms with Gasteiger partial charge in [0.05, 0.1) is 0 Å². The molecule has 0 unspecified atom stereocenters. The zero-order valence-corrected chi connectivity index (χ0v) is 8.04. The Labute approximate surface area is 86.6 Å². The zero-order chi connectivity index (χ0) is 10.8. The van der Waals surface area contributed by atoms with Gasteiger partial charge in [0, 0.05) is 17.8 Å². The number of fused-ring (bicyclic) bond motifs is 1. The van der Waals surface area contributed by atoms with E-state index in [4.69, 9.17) is 5.73 Å². The zero-order valence-electron chi connectivity index (χ0n) is 8.04. The number of rotatable bonds is 1. The van der Waals surface area contributed by atoms with Crippen LogP contribution in [0.25, 0.3) is 0 Å². The Morgan fingerprint density at radius 2 is 2.20 bits per heavy atom. The highest BCUT2D eigenvalue weighted by Gasteiger charge is 2.14. The molecule has 2 rings (SSSR count). The van der Waals surface area contributed by atoms with Crippen LogP contribution in [0.15, 0.2) is 18.2 Å². The summed E-state index contributed by atoms with van der Waals surface area (Å²) in [4.78, 5) is 21.8. The summed E-state index contributed by atoms with van der Waals surface area (Å²) in [7, 11) is 0. The van der Waals surface area contributed by atoms with Crippen LogP contribution < -0.4 is 16.4 Å². The first-order valence-corrected chi connectivity index (χ1v) is 4.64. The molecule has 1 aromatic carbocycles. The summed E-state index contributed by atoms with van der Waals surface area (Å²) < 4.78 is 0. The molecule has 78 valence electrons. The summed E-state index contributed by atoms with van der Waals surface area (Å²) in [5.41, 5.74) is 7.40. The van der Waals surface area contributed by atoms with Crippen LogP contribution in [-0.4, -0.2) is 11.9 Å². The number of primary amides is 1. The number of benzene rings is 1. The molecule has 0 radical (unpaired) electrons. The average Bonchev–Trinajstić information content (AvgIpc) is 2.16. The van der Waals surface area contributed by atoms with Gasteiger partial charge in [-0.15, -0.1) is 0 Å². The molecule has 0 atom stereocenters. The highest BCUT2D eigenvalue weighted by molar-refractivity contribution is 5.95.